The number of ether oxygens (including phenoxy) is 1. The van der Waals surface area contributed by atoms with Gasteiger partial charge in [-0.2, -0.15) is 0 Å². The molecular formula is C29H33NO5. The molecule has 1 aliphatic carbocycles. The number of benzene rings is 2. The SMILES string of the molecule is Cc1cc(OCC(=O)N2CC[C@]3(O)CCCC[C@H]3C2)c2c(C)c(Cc3ccccc3)c(=O)oc2c1. The van der Waals surface area contributed by atoms with Crippen molar-refractivity contribution in [3.63, 3.8) is 0 Å². The number of piperidine rings is 1. The van der Waals surface area contributed by atoms with E-state index in [1.165, 1.54) is 0 Å². The highest BCUT2D eigenvalue weighted by molar-refractivity contribution is 5.89. The average Bonchev–Trinajstić information content (AvgIpc) is 2.84. The van der Waals surface area contributed by atoms with E-state index in [1.54, 1.807) is 0 Å². The van der Waals surface area contributed by atoms with Gasteiger partial charge < -0.3 is 19.2 Å². The first-order chi connectivity index (χ1) is 16.8. The normalized spacial score (nSPS) is 22.1. The Kier molecular flexibility index (Phi) is 6.41. The van der Waals surface area contributed by atoms with Crippen molar-refractivity contribution >= 4 is 16.9 Å². The Hall–Kier alpha value is -3.12. The highest BCUT2D eigenvalue weighted by Gasteiger charge is 2.43. The maximum Gasteiger partial charge on any atom is 0.340 e. The van der Waals surface area contributed by atoms with Crippen LogP contribution >= 0.6 is 0 Å². The molecule has 2 aliphatic rings. The van der Waals surface area contributed by atoms with Crippen LogP contribution in [-0.2, 0) is 11.2 Å². The van der Waals surface area contributed by atoms with Gasteiger partial charge >= 0.3 is 5.63 Å². The third-order valence-electron chi connectivity index (χ3n) is 7.84. The summed E-state index contributed by atoms with van der Waals surface area (Å²) < 4.78 is 11.8. The van der Waals surface area contributed by atoms with Crippen LogP contribution < -0.4 is 10.4 Å². The minimum absolute atomic E-state index is 0.0770. The van der Waals surface area contributed by atoms with Crippen molar-refractivity contribution < 1.29 is 19.1 Å². The van der Waals surface area contributed by atoms with Crippen molar-refractivity contribution in [1.29, 1.82) is 0 Å². The molecule has 1 amide bonds. The van der Waals surface area contributed by atoms with E-state index in [4.69, 9.17) is 9.15 Å². The van der Waals surface area contributed by atoms with E-state index in [2.05, 4.69) is 0 Å². The number of likely N-dealkylation sites (tertiary alicyclic amines) is 1. The Bertz CT molecular complexity index is 1300. The third-order valence-corrected chi connectivity index (χ3v) is 7.84. The number of fused-ring (bicyclic) bond motifs is 2. The summed E-state index contributed by atoms with van der Waals surface area (Å²) in [5.74, 6) is 0.618. The van der Waals surface area contributed by atoms with Crippen LogP contribution in [0.3, 0.4) is 0 Å². The first-order valence-electron chi connectivity index (χ1n) is 12.6. The molecule has 6 nitrogen and oxygen atoms in total. The third kappa shape index (κ3) is 4.72. The van der Waals surface area contributed by atoms with Crippen LogP contribution in [0.2, 0.25) is 0 Å². The molecule has 1 N–H and O–H groups in total. The Morgan fingerprint density at radius 1 is 1.17 bits per heavy atom. The van der Waals surface area contributed by atoms with E-state index in [0.29, 0.717) is 42.8 Å². The van der Waals surface area contributed by atoms with E-state index in [9.17, 15) is 14.7 Å². The molecule has 1 saturated heterocycles. The summed E-state index contributed by atoms with van der Waals surface area (Å²) in [5.41, 5.74) is 2.83. The van der Waals surface area contributed by atoms with Gasteiger partial charge in [-0.25, -0.2) is 4.79 Å². The van der Waals surface area contributed by atoms with Gasteiger partial charge in [0, 0.05) is 31.0 Å². The largest absolute Gasteiger partial charge is 0.483 e. The van der Waals surface area contributed by atoms with Crippen LogP contribution in [0.15, 0.2) is 51.7 Å². The monoisotopic (exact) mass is 475 g/mol. The maximum atomic E-state index is 13.1. The Balaban J connectivity index is 1.38. The molecule has 2 atom stereocenters. The van der Waals surface area contributed by atoms with Gasteiger partial charge in [0.25, 0.3) is 5.91 Å². The molecule has 0 bridgehead atoms. The maximum absolute atomic E-state index is 13.1. The summed E-state index contributed by atoms with van der Waals surface area (Å²) in [4.78, 5) is 27.7. The Labute approximate surface area is 205 Å². The molecule has 1 aliphatic heterocycles. The predicted octanol–water partition coefficient (Wildman–Crippen LogP) is 4.53. The number of aryl methyl sites for hydroxylation is 2. The standard InChI is InChI=1S/C29H33NO5/c1-19-14-24(34-18-26(31)30-13-12-29(33)11-7-6-10-22(29)17-30)27-20(2)23(28(32)35-25(27)15-19)16-21-8-4-3-5-9-21/h3-5,8-9,14-15,22,33H,6-7,10-13,16-18H2,1-2H3/t22-,29+/m0/s1. The molecule has 0 radical (unpaired) electrons. The van der Waals surface area contributed by atoms with Crippen LogP contribution in [0, 0.1) is 19.8 Å². The lowest BCUT2D eigenvalue weighted by Gasteiger charge is -2.47. The molecule has 2 heterocycles. The Morgan fingerprint density at radius 2 is 1.97 bits per heavy atom. The number of hydrogen-bond acceptors (Lipinski definition) is 5. The first kappa shape index (κ1) is 23.6. The summed E-state index contributed by atoms with van der Waals surface area (Å²) in [6, 6.07) is 13.5. The average molecular weight is 476 g/mol. The number of aliphatic hydroxyl groups is 1. The molecule has 184 valence electrons. The van der Waals surface area contributed by atoms with Gasteiger partial charge in [-0.15, -0.1) is 0 Å². The molecule has 1 aromatic heterocycles. The molecule has 3 aromatic rings. The molecule has 6 heteroatoms. The second-order valence-electron chi connectivity index (χ2n) is 10.2. The lowest BCUT2D eigenvalue weighted by atomic mass is 9.71. The van der Waals surface area contributed by atoms with Crippen LogP contribution in [0.5, 0.6) is 5.75 Å². The minimum Gasteiger partial charge on any atom is -0.483 e. The molecule has 2 aromatic carbocycles. The van der Waals surface area contributed by atoms with E-state index in [1.807, 2.05) is 61.2 Å². The minimum atomic E-state index is -0.619. The fourth-order valence-corrected chi connectivity index (χ4v) is 5.78. The quantitative estimate of drug-likeness (QED) is 0.549. The fourth-order valence-electron chi connectivity index (χ4n) is 5.78. The number of hydrogen-bond donors (Lipinski definition) is 1. The van der Waals surface area contributed by atoms with Gasteiger partial charge in [-0.1, -0.05) is 43.2 Å². The fraction of sp³-hybridized carbons (Fsp3) is 0.448. The van der Waals surface area contributed by atoms with E-state index in [0.717, 1.165) is 47.8 Å². The van der Waals surface area contributed by atoms with Crippen LogP contribution in [0.4, 0.5) is 0 Å². The molecule has 0 spiro atoms. The van der Waals surface area contributed by atoms with Gasteiger partial charge in [-0.3, -0.25) is 4.79 Å². The summed E-state index contributed by atoms with van der Waals surface area (Å²) in [6.07, 6.45) is 5.06. The van der Waals surface area contributed by atoms with Crippen molar-refractivity contribution in [2.24, 2.45) is 5.92 Å². The van der Waals surface area contributed by atoms with E-state index < -0.39 is 5.60 Å². The first-order valence-corrected chi connectivity index (χ1v) is 12.6. The highest BCUT2D eigenvalue weighted by Crippen LogP contribution is 2.40. The van der Waals surface area contributed by atoms with Crippen LogP contribution in [-0.4, -0.2) is 41.2 Å². The number of amides is 1. The van der Waals surface area contributed by atoms with E-state index in [-0.39, 0.29) is 24.1 Å². The summed E-state index contributed by atoms with van der Waals surface area (Å²) >= 11 is 0. The number of carbonyl (C=O) groups excluding carboxylic acids is 1. The van der Waals surface area contributed by atoms with Crippen molar-refractivity contribution in [1.82, 2.24) is 4.90 Å². The van der Waals surface area contributed by atoms with Gasteiger partial charge in [0.1, 0.15) is 11.3 Å². The summed E-state index contributed by atoms with van der Waals surface area (Å²) in [7, 11) is 0. The van der Waals surface area contributed by atoms with Crippen LogP contribution in [0.1, 0.15) is 54.4 Å². The van der Waals surface area contributed by atoms with Gasteiger partial charge in [0.05, 0.1) is 11.0 Å². The van der Waals surface area contributed by atoms with Gasteiger partial charge in [-0.05, 0) is 61.9 Å². The second kappa shape index (κ2) is 9.50. The lowest BCUT2D eigenvalue weighted by Crippen LogP contribution is -2.55. The van der Waals surface area contributed by atoms with Gasteiger partial charge in [0.15, 0.2) is 6.61 Å². The highest BCUT2D eigenvalue weighted by atomic mass is 16.5. The molecule has 5 rings (SSSR count). The zero-order valence-corrected chi connectivity index (χ0v) is 20.5. The van der Waals surface area contributed by atoms with Gasteiger partial charge in [0.2, 0.25) is 0 Å². The summed E-state index contributed by atoms with van der Waals surface area (Å²) in [5, 5.41) is 11.7. The molecule has 2 fully saturated rings. The molecule has 1 saturated carbocycles. The number of rotatable bonds is 5. The second-order valence-corrected chi connectivity index (χ2v) is 10.2. The lowest BCUT2D eigenvalue weighted by molar-refractivity contribution is -0.145. The smallest absolute Gasteiger partial charge is 0.340 e. The molecule has 35 heavy (non-hydrogen) atoms. The van der Waals surface area contributed by atoms with Crippen molar-refractivity contribution in [2.45, 2.75) is 58.0 Å². The zero-order chi connectivity index (χ0) is 24.6. The number of nitrogens with zero attached hydrogens (tertiary/aromatic N) is 1. The van der Waals surface area contributed by atoms with Crippen molar-refractivity contribution in [3.8, 4) is 5.75 Å². The van der Waals surface area contributed by atoms with E-state index >= 15 is 0 Å². The predicted molar refractivity (Wildman–Crippen MR) is 135 cm³/mol. The topological polar surface area (TPSA) is 80.0 Å². The van der Waals surface area contributed by atoms with Crippen molar-refractivity contribution in [2.75, 3.05) is 19.7 Å². The Morgan fingerprint density at radius 3 is 2.77 bits per heavy atom. The van der Waals surface area contributed by atoms with Crippen molar-refractivity contribution in [3.05, 3.63) is 75.1 Å². The summed E-state index contributed by atoms with van der Waals surface area (Å²) in [6.45, 7) is 4.88. The zero-order valence-electron chi connectivity index (χ0n) is 20.5. The molecule has 0 unspecified atom stereocenters. The molecular weight excluding hydrogens is 442 g/mol. The van der Waals surface area contributed by atoms with Crippen LogP contribution in [0.25, 0.3) is 11.0 Å². The number of carbonyl (C=O) groups is 1.